The van der Waals surface area contributed by atoms with Crippen molar-refractivity contribution in [3.63, 3.8) is 0 Å². The lowest BCUT2D eigenvalue weighted by Gasteiger charge is -2.38. The molecular formula is C26H26N2O4S. The molecule has 3 aromatic rings. The zero-order chi connectivity index (χ0) is 23.4. The van der Waals surface area contributed by atoms with E-state index in [2.05, 4.69) is 10.6 Å². The molecule has 0 fully saturated rings. The molecule has 0 aliphatic carbocycles. The van der Waals surface area contributed by atoms with Crippen LogP contribution in [0.25, 0.3) is 6.08 Å². The second-order valence-electron chi connectivity index (χ2n) is 8.39. The van der Waals surface area contributed by atoms with Gasteiger partial charge in [-0.1, -0.05) is 24.3 Å². The van der Waals surface area contributed by atoms with Gasteiger partial charge in [-0.15, -0.1) is 11.3 Å². The smallest absolute Gasteiger partial charge is 0.268 e. The average molecular weight is 463 g/mol. The largest absolute Gasteiger partial charge is 0.497 e. The number of carbonyl (C=O) groups is 2. The van der Waals surface area contributed by atoms with Crippen molar-refractivity contribution in [2.24, 2.45) is 0 Å². The topological polar surface area (TPSA) is 76.7 Å². The minimum atomic E-state index is -0.434. The lowest BCUT2D eigenvalue weighted by molar-refractivity contribution is -0.119. The Morgan fingerprint density at radius 1 is 1.09 bits per heavy atom. The maximum Gasteiger partial charge on any atom is 0.268 e. The molecule has 1 atom stereocenters. The number of nitrogens with one attached hydrogen (secondary N) is 2. The summed E-state index contributed by atoms with van der Waals surface area (Å²) in [6, 6.07) is 18.0. The molecule has 4 rings (SSSR count). The van der Waals surface area contributed by atoms with Crippen molar-refractivity contribution in [2.45, 2.75) is 31.9 Å². The molecule has 2 N–H and O–H groups in total. The molecule has 7 heteroatoms. The highest BCUT2D eigenvalue weighted by molar-refractivity contribution is 7.10. The lowest BCUT2D eigenvalue weighted by atomic mass is 9.89. The van der Waals surface area contributed by atoms with E-state index >= 15 is 0 Å². The number of hydrogen-bond acceptors (Lipinski definition) is 5. The third-order valence-electron chi connectivity index (χ3n) is 5.36. The van der Waals surface area contributed by atoms with Crippen molar-refractivity contribution in [1.82, 2.24) is 10.6 Å². The number of benzene rings is 2. The minimum absolute atomic E-state index is 0.181. The SMILES string of the molecule is COc1ccc(C(=O)N/C(=C\c2cccs2)C(=O)N[C@H]2CC(C)(C)Oc3ccccc32)cc1. The second kappa shape index (κ2) is 9.50. The Hall–Kier alpha value is -3.58. The molecule has 1 aliphatic heterocycles. The molecule has 0 saturated heterocycles. The van der Waals surface area contributed by atoms with E-state index in [0.29, 0.717) is 17.7 Å². The van der Waals surface area contributed by atoms with E-state index in [1.54, 1.807) is 37.5 Å². The first-order valence-electron chi connectivity index (χ1n) is 10.6. The molecule has 1 aromatic heterocycles. The average Bonchev–Trinajstić information content (AvgIpc) is 3.31. The van der Waals surface area contributed by atoms with Crippen molar-refractivity contribution in [3.8, 4) is 11.5 Å². The maximum atomic E-state index is 13.4. The lowest BCUT2D eigenvalue weighted by Crippen LogP contribution is -2.43. The van der Waals surface area contributed by atoms with Crippen LogP contribution in [0.5, 0.6) is 11.5 Å². The fourth-order valence-corrected chi connectivity index (χ4v) is 4.44. The molecule has 0 spiro atoms. The summed E-state index contributed by atoms with van der Waals surface area (Å²) in [6.45, 7) is 3.99. The third-order valence-corrected chi connectivity index (χ3v) is 6.18. The van der Waals surface area contributed by atoms with E-state index < -0.39 is 5.60 Å². The predicted molar refractivity (Wildman–Crippen MR) is 129 cm³/mol. The number of thiophene rings is 1. The molecule has 2 amide bonds. The first-order chi connectivity index (χ1) is 15.8. The van der Waals surface area contributed by atoms with E-state index in [9.17, 15) is 9.59 Å². The molecule has 0 saturated carbocycles. The van der Waals surface area contributed by atoms with Crippen molar-refractivity contribution < 1.29 is 19.1 Å². The van der Waals surface area contributed by atoms with Crippen LogP contribution in [0, 0.1) is 0 Å². The first kappa shape index (κ1) is 22.6. The molecule has 0 bridgehead atoms. The molecule has 2 aromatic carbocycles. The van der Waals surface area contributed by atoms with Crippen molar-refractivity contribution >= 4 is 29.2 Å². The molecule has 6 nitrogen and oxygen atoms in total. The van der Waals surface area contributed by atoms with Gasteiger partial charge in [0, 0.05) is 22.4 Å². The fourth-order valence-electron chi connectivity index (χ4n) is 3.78. The number of hydrogen-bond donors (Lipinski definition) is 2. The van der Waals surface area contributed by atoms with Crippen LogP contribution < -0.4 is 20.1 Å². The van der Waals surface area contributed by atoms with Gasteiger partial charge in [-0.3, -0.25) is 9.59 Å². The molecule has 2 heterocycles. The summed E-state index contributed by atoms with van der Waals surface area (Å²) in [5.74, 6) is 0.677. The van der Waals surface area contributed by atoms with Gasteiger partial charge in [-0.05, 0) is 61.7 Å². The number of carbonyl (C=O) groups excluding carboxylic acids is 2. The van der Waals surface area contributed by atoms with Crippen LogP contribution >= 0.6 is 11.3 Å². The van der Waals surface area contributed by atoms with Gasteiger partial charge in [-0.2, -0.15) is 0 Å². The molecule has 170 valence electrons. The normalized spacial score (nSPS) is 16.8. The number of amides is 2. The predicted octanol–water partition coefficient (Wildman–Crippen LogP) is 4.95. The Labute approximate surface area is 197 Å². The van der Waals surface area contributed by atoms with E-state index in [1.807, 2.05) is 55.6 Å². The number of fused-ring (bicyclic) bond motifs is 1. The zero-order valence-corrected chi connectivity index (χ0v) is 19.6. The summed E-state index contributed by atoms with van der Waals surface area (Å²) < 4.78 is 11.2. The quantitative estimate of drug-likeness (QED) is 0.509. The molecular weight excluding hydrogens is 436 g/mol. The van der Waals surface area contributed by atoms with Crippen LogP contribution in [0.3, 0.4) is 0 Å². The Morgan fingerprint density at radius 3 is 2.55 bits per heavy atom. The Morgan fingerprint density at radius 2 is 1.85 bits per heavy atom. The number of para-hydroxylation sites is 1. The second-order valence-corrected chi connectivity index (χ2v) is 9.37. The van der Waals surface area contributed by atoms with Crippen molar-refractivity contribution in [2.75, 3.05) is 7.11 Å². The third kappa shape index (κ3) is 5.43. The van der Waals surface area contributed by atoms with Gasteiger partial charge >= 0.3 is 0 Å². The van der Waals surface area contributed by atoms with Crippen molar-refractivity contribution in [1.29, 1.82) is 0 Å². The Balaban J connectivity index is 1.58. The summed E-state index contributed by atoms with van der Waals surface area (Å²) in [5, 5.41) is 7.81. The fraction of sp³-hybridized carbons (Fsp3) is 0.231. The van der Waals surface area contributed by atoms with E-state index in [4.69, 9.17) is 9.47 Å². The van der Waals surface area contributed by atoms with Crippen LogP contribution in [0.2, 0.25) is 0 Å². The zero-order valence-electron chi connectivity index (χ0n) is 18.8. The highest BCUT2D eigenvalue weighted by atomic mass is 32.1. The summed E-state index contributed by atoms with van der Waals surface area (Å²) in [5.41, 5.74) is 1.09. The van der Waals surface area contributed by atoms with Crippen LogP contribution in [-0.4, -0.2) is 24.5 Å². The molecule has 33 heavy (non-hydrogen) atoms. The number of methoxy groups -OCH3 is 1. The summed E-state index contributed by atoms with van der Waals surface area (Å²) in [4.78, 5) is 27.1. The highest BCUT2D eigenvalue weighted by Crippen LogP contribution is 2.39. The van der Waals surface area contributed by atoms with Crippen molar-refractivity contribution in [3.05, 3.63) is 87.7 Å². The Bertz CT molecular complexity index is 1170. The summed E-state index contributed by atoms with van der Waals surface area (Å²) >= 11 is 1.49. The van der Waals surface area contributed by atoms with Crippen LogP contribution in [0.1, 0.15) is 47.1 Å². The van der Waals surface area contributed by atoms with Gasteiger partial charge in [0.05, 0.1) is 13.2 Å². The van der Waals surface area contributed by atoms with E-state index in [1.165, 1.54) is 11.3 Å². The first-order valence-corrected chi connectivity index (χ1v) is 11.5. The van der Waals surface area contributed by atoms with Gasteiger partial charge in [0.15, 0.2) is 0 Å². The number of ether oxygens (including phenoxy) is 2. The van der Waals surface area contributed by atoms with E-state index in [-0.39, 0.29) is 23.6 Å². The summed E-state index contributed by atoms with van der Waals surface area (Å²) in [7, 11) is 1.57. The van der Waals surface area contributed by atoms with Crippen LogP contribution in [0.15, 0.2) is 71.7 Å². The molecule has 0 radical (unpaired) electrons. The maximum absolute atomic E-state index is 13.4. The van der Waals surface area contributed by atoms with Crippen LogP contribution in [0.4, 0.5) is 0 Å². The summed E-state index contributed by atoms with van der Waals surface area (Å²) in [6.07, 6.45) is 2.30. The number of rotatable bonds is 6. The standard InChI is InChI=1S/C26H26N2O4S/c1-26(2)16-22(20-8-4-5-9-23(20)32-26)28-25(30)21(15-19-7-6-14-33-19)27-24(29)17-10-12-18(31-3)13-11-17/h4-15,22H,16H2,1-3H3,(H,27,29)(H,28,30)/b21-15-/t22-/m0/s1. The minimum Gasteiger partial charge on any atom is -0.497 e. The van der Waals surface area contributed by atoms with Crippen LogP contribution in [-0.2, 0) is 4.79 Å². The Kier molecular flexibility index (Phi) is 6.51. The monoisotopic (exact) mass is 462 g/mol. The molecule has 0 unspecified atom stereocenters. The molecule has 1 aliphatic rings. The van der Waals surface area contributed by atoms with Gasteiger partial charge in [0.25, 0.3) is 11.8 Å². The highest BCUT2D eigenvalue weighted by Gasteiger charge is 2.34. The van der Waals surface area contributed by atoms with Gasteiger partial charge in [-0.25, -0.2) is 0 Å². The van der Waals surface area contributed by atoms with Gasteiger partial charge in [0.1, 0.15) is 22.8 Å². The van der Waals surface area contributed by atoms with Gasteiger partial charge < -0.3 is 20.1 Å². The van der Waals surface area contributed by atoms with Gasteiger partial charge in [0.2, 0.25) is 0 Å². The van der Waals surface area contributed by atoms with E-state index in [0.717, 1.165) is 16.2 Å².